The van der Waals surface area contributed by atoms with E-state index in [1.807, 2.05) is 0 Å². The van der Waals surface area contributed by atoms with Crippen LogP contribution in [-0.4, -0.2) is 53.6 Å². The summed E-state index contributed by atoms with van der Waals surface area (Å²) in [6.45, 7) is 2.81. The van der Waals surface area contributed by atoms with Crippen LogP contribution >= 0.6 is 0 Å². The van der Waals surface area contributed by atoms with Gasteiger partial charge in [-0.3, -0.25) is 9.59 Å². The number of ketones is 1. The van der Waals surface area contributed by atoms with Gasteiger partial charge in [-0.25, -0.2) is 9.55 Å². The highest BCUT2D eigenvalue weighted by Gasteiger charge is 2.40. The molecular formula is C38H39F3N5O4+. The van der Waals surface area contributed by atoms with Crippen LogP contribution in [0.25, 0.3) is 33.1 Å². The van der Waals surface area contributed by atoms with Gasteiger partial charge in [0.1, 0.15) is 6.61 Å². The zero-order valence-electron chi connectivity index (χ0n) is 28.1. The van der Waals surface area contributed by atoms with E-state index >= 15 is 0 Å². The summed E-state index contributed by atoms with van der Waals surface area (Å²) in [7, 11) is 3.46. The third-order valence-corrected chi connectivity index (χ3v) is 9.94. The predicted octanol–water partition coefficient (Wildman–Crippen LogP) is 6.61. The number of H-pyrrole nitrogens is 1. The summed E-state index contributed by atoms with van der Waals surface area (Å²) in [5.74, 6) is 0.261. The molecule has 2 aliphatic rings. The number of alkyl halides is 3. The van der Waals surface area contributed by atoms with E-state index in [0.717, 1.165) is 31.7 Å². The average Bonchev–Trinajstić information content (AvgIpc) is 3.61. The second-order valence-corrected chi connectivity index (χ2v) is 13.0. The lowest BCUT2D eigenvalue weighted by Crippen LogP contribution is -2.35. The summed E-state index contributed by atoms with van der Waals surface area (Å²) in [5, 5.41) is 6.82. The van der Waals surface area contributed by atoms with Crippen molar-refractivity contribution in [3.05, 3.63) is 89.4 Å². The Balaban J connectivity index is 1.13. The molecule has 1 aliphatic carbocycles. The number of imidazole rings is 1. The van der Waals surface area contributed by atoms with Crippen LogP contribution in [0.3, 0.4) is 0 Å². The molecule has 260 valence electrons. The van der Waals surface area contributed by atoms with Crippen LogP contribution in [0.15, 0.2) is 66.9 Å². The van der Waals surface area contributed by atoms with Crippen LogP contribution in [0.2, 0.25) is 0 Å². The van der Waals surface area contributed by atoms with Gasteiger partial charge in [0.25, 0.3) is 5.82 Å². The molecule has 7 rings (SSSR count). The molecule has 3 N–H and O–H groups in total. The molecule has 0 unspecified atom stereocenters. The van der Waals surface area contributed by atoms with Crippen molar-refractivity contribution in [3.63, 3.8) is 0 Å². The van der Waals surface area contributed by atoms with Crippen LogP contribution in [0.1, 0.15) is 53.0 Å². The van der Waals surface area contributed by atoms with Crippen LogP contribution < -0.4 is 19.9 Å². The number of amides is 1. The minimum atomic E-state index is -4.66. The lowest BCUT2D eigenvalue weighted by molar-refractivity contribution is -0.651. The van der Waals surface area contributed by atoms with Gasteiger partial charge < -0.3 is 24.7 Å². The van der Waals surface area contributed by atoms with Crippen LogP contribution in [0, 0.1) is 6.92 Å². The maximum Gasteiger partial charge on any atom is 0.417 e. The fourth-order valence-corrected chi connectivity index (χ4v) is 7.22. The largest absolute Gasteiger partial charge is 0.486 e. The molecule has 0 bridgehead atoms. The first-order valence-corrected chi connectivity index (χ1v) is 16.8. The number of carbonyl (C=O) groups is 2. The van der Waals surface area contributed by atoms with Gasteiger partial charge in [0, 0.05) is 78.3 Å². The number of hydrogen-bond acceptors (Lipinski definition) is 5. The van der Waals surface area contributed by atoms with Gasteiger partial charge in [-0.15, -0.1) is 0 Å². The third-order valence-electron chi connectivity index (χ3n) is 9.94. The summed E-state index contributed by atoms with van der Waals surface area (Å²) < 4.78 is 59.1. The number of benzene rings is 3. The summed E-state index contributed by atoms with van der Waals surface area (Å²) in [6, 6.07) is 13.2. The van der Waals surface area contributed by atoms with Gasteiger partial charge in [0.15, 0.2) is 17.0 Å². The van der Waals surface area contributed by atoms with Crippen molar-refractivity contribution < 1.29 is 36.8 Å². The SMILES string of the molecule is COC1CCC(NC/C=C/C(=O)Nc2ccc(C(=O)c3cn4c5c(cccc35)-c3c(C(F)(F)F)cc5c([nH]c(C)[n+]5C)c3OCC4)cc2)CC1. The molecule has 0 radical (unpaired) electrons. The van der Waals surface area contributed by atoms with Crippen molar-refractivity contribution in [2.45, 2.75) is 57.5 Å². The highest BCUT2D eigenvalue weighted by Crippen LogP contribution is 2.48. The standard InChI is InChI=1S/C38H38F3N5O4/c1-22-43-34-31(45(22)2)20-30(38(39,40)41)33-28-7-4-6-27-29(21-46(35(27)28)18-19-50-37(33)34)36(48)23-9-11-25(12-10-23)44-32(47)8-5-17-42-24-13-15-26(49-3)16-14-24/h4-12,20-21,24,26,42H,13-19H2,1-3H3,(H,44,47,48)/p+1/b8-5+. The number of anilines is 1. The quantitative estimate of drug-likeness (QED) is 0.0970. The Labute approximate surface area is 287 Å². The van der Waals surface area contributed by atoms with Gasteiger partial charge in [-0.2, -0.15) is 13.2 Å². The molecule has 9 nitrogen and oxygen atoms in total. The predicted molar refractivity (Wildman–Crippen MR) is 184 cm³/mol. The molecule has 1 saturated carbocycles. The van der Waals surface area contributed by atoms with Gasteiger partial charge >= 0.3 is 6.18 Å². The van der Waals surface area contributed by atoms with E-state index in [2.05, 4.69) is 15.6 Å². The van der Waals surface area contributed by atoms with E-state index in [4.69, 9.17) is 9.47 Å². The van der Waals surface area contributed by atoms with E-state index in [0.29, 0.717) is 75.4 Å². The Morgan fingerprint density at radius 3 is 2.60 bits per heavy atom. The molecule has 1 fully saturated rings. The summed E-state index contributed by atoms with van der Waals surface area (Å²) in [6.07, 6.45) is 4.79. The molecule has 3 heterocycles. The zero-order chi connectivity index (χ0) is 35.2. The van der Waals surface area contributed by atoms with E-state index in [1.165, 1.54) is 6.08 Å². The number of aryl methyl sites for hydroxylation is 2. The normalized spacial score (nSPS) is 17.8. The first kappa shape index (κ1) is 33.6. The molecular weight excluding hydrogens is 647 g/mol. The maximum atomic E-state index is 14.7. The number of aromatic nitrogens is 3. The molecule has 0 atom stereocenters. The highest BCUT2D eigenvalue weighted by molar-refractivity contribution is 6.18. The van der Waals surface area contributed by atoms with E-state index < -0.39 is 11.7 Å². The zero-order valence-corrected chi connectivity index (χ0v) is 28.1. The molecule has 5 aromatic rings. The summed E-state index contributed by atoms with van der Waals surface area (Å²) >= 11 is 0. The van der Waals surface area contributed by atoms with Gasteiger partial charge in [0.05, 0.1) is 30.8 Å². The van der Waals surface area contributed by atoms with Crippen LogP contribution in [0.5, 0.6) is 5.75 Å². The smallest absolute Gasteiger partial charge is 0.417 e. The third kappa shape index (κ3) is 6.29. The Bertz CT molecular complexity index is 2120. The Hall–Kier alpha value is -4.94. The van der Waals surface area contributed by atoms with Crippen molar-refractivity contribution in [1.82, 2.24) is 14.9 Å². The topological polar surface area (TPSA) is 101 Å². The Morgan fingerprint density at radius 2 is 1.88 bits per heavy atom. The maximum absolute atomic E-state index is 14.7. The first-order chi connectivity index (χ1) is 24.0. The highest BCUT2D eigenvalue weighted by atomic mass is 19.4. The number of fused-ring (bicyclic) bond motifs is 4. The Morgan fingerprint density at radius 1 is 1.12 bits per heavy atom. The number of carbonyl (C=O) groups excluding carboxylic acids is 2. The second-order valence-electron chi connectivity index (χ2n) is 13.0. The molecule has 2 aromatic heterocycles. The number of hydrogen-bond donors (Lipinski definition) is 3. The van der Waals surface area contributed by atoms with E-state index in [9.17, 15) is 22.8 Å². The number of methoxy groups -OCH3 is 1. The number of nitrogens with zero attached hydrogens (tertiary/aromatic N) is 2. The fraction of sp³-hybridized carbons (Fsp3) is 0.342. The van der Waals surface area contributed by atoms with Crippen LogP contribution in [0.4, 0.5) is 18.9 Å². The number of rotatable bonds is 8. The minimum absolute atomic E-state index is 0.0605. The molecule has 0 saturated heterocycles. The van der Waals surface area contributed by atoms with Crippen molar-refractivity contribution in [3.8, 4) is 16.9 Å². The van der Waals surface area contributed by atoms with Crippen molar-refractivity contribution in [2.75, 3.05) is 25.6 Å². The number of nitrogens with one attached hydrogen (secondary N) is 3. The number of ether oxygens (including phenoxy) is 2. The average molecular weight is 687 g/mol. The van der Waals surface area contributed by atoms with Crippen molar-refractivity contribution in [2.24, 2.45) is 7.05 Å². The van der Waals surface area contributed by atoms with Crippen LogP contribution in [-0.2, 0) is 29.3 Å². The number of para-hydroxylation sites is 1. The second kappa shape index (κ2) is 13.4. The van der Waals surface area contributed by atoms with Crippen molar-refractivity contribution >= 4 is 39.3 Å². The number of aromatic amines is 1. The monoisotopic (exact) mass is 686 g/mol. The number of halogens is 3. The first-order valence-electron chi connectivity index (χ1n) is 16.8. The fourth-order valence-electron chi connectivity index (χ4n) is 7.22. The molecule has 12 heteroatoms. The van der Waals surface area contributed by atoms with Gasteiger partial charge in [-0.05, 0) is 49.9 Å². The molecule has 3 aromatic carbocycles. The van der Waals surface area contributed by atoms with Gasteiger partial charge in [0.2, 0.25) is 11.4 Å². The van der Waals surface area contributed by atoms with Gasteiger partial charge in [-0.1, -0.05) is 24.3 Å². The Kier molecular flexibility index (Phi) is 9.00. The molecule has 1 aliphatic heterocycles. The van der Waals surface area contributed by atoms with Crippen molar-refractivity contribution in [1.29, 1.82) is 0 Å². The lowest BCUT2D eigenvalue weighted by Gasteiger charge is -2.27. The summed E-state index contributed by atoms with van der Waals surface area (Å²) in [5.41, 5.74) is 2.15. The minimum Gasteiger partial charge on any atom is -0.486 e. The lowest BCUT2D eigenvalue weighted by atomic mass is 9.93. The molecule has 50 heavy (non-hydrogen) atoms. The molecule has 0 spiro atoms. The van der Waals surface area contributed by atoms with E-state index in [1.54, 1.807) is 85.0 Å². The molecule has 1 amide bonds. The summed E-state index contributed by atoms with van der Waals surface area (Å²) in [4.78, 5) is 29.6. The van der Waals surface area contributed by atoms with E-state index in [-0.39, 0.29) is 29.6 Å².